The second-order valence-electron chi connectivity index (χ2n) is 5.55. The fraction of sp³-hybridized carbons (Fsp3) is 0.688. The molecule has 0 radical (unpaired) electrons. The summed E-state index contributed by atoms with van der Waals surface area (Å²) in [6.07, 6.45) is 3.35. The molecule has 1 saturated heterocycles. The first-order chi connectivity index (χ1) is 9.72. The first-order valence-electron chi connectivity index (χ1n) is 7.70. The zero-order valence-corrected chi connectivity index (χ0v) is 13.0. The maximum Gasteiger partial charge on any atom is 0.128 e. The van der Waals surface area contributed by atoms with Gasteiger partial charge in [-0.25, -0.2) is 4.98 Å². The van der Waals surface area contributed by atoms with Crippen molar-refractivity contribution in [2.45, 2.75) is 45.7 Å². The first kappa shape index (κ1) is 15.3. The molecule has 1 fully saturated rings. The maximum atomic E-state index is 5.43. The van der Waals surface area contributed by atoms with E-state index in [1.54, 1.807) is 0 Å². The lowest BCUT2D eigenvalue weighted by Gasteiger charge is -2.32. The highest BCUT2D eigenvalue weighted by atomic mass is 16.5. The van der Waals surface area contributed by atoms with Gasteiger partial charge in [-0.2, -0.15) is 0 Å². The Morgan fingerprint density at radius 1 is 1.35 bits per heavy atom. The highest BCUT2D eigenvalue weighted by molar-refractivity contribution is 5.42. The second kappa shape index (κ2) is 7.60. The summed E-state index contributed by atoms with van der Waals surface area (Å²) in [6, 6.07) is 4.90. The molecular formula is C16H27N3O. The molecule has 0 aromatic carbocycles. The van der Waals surface area contributed by atoms with Crippen LogP contribution in [0.5, 0.6) is 0 Å². The summed E-state index contributed by atoms with van der Waals surface area (Å²) < 4.78 is 5.43. The third-order valence-electron chi connectivity index (χ3n) is 4.02. The van der Waals surface area contributed by atoms with Gasteiger partial charge in [-0.3, -0.25) is 0 Å². The van der Waals surface area contributed by atoms with Gasteiger partial charge in [0, 0.05) is 38.5 Å². The van der Waals surface area contributed by atoms with E-state index in [9.17, 15) is 0 Å². The minimum absolute atomic E-state index is 0.555. The molecule has 20 heavy (non-hydrogen) atoms. The molecule has 0 saturated carbocycles. The van der Waals surface area contributed by atoms with Gasteiger partial charge in [0.2, 0.25) is 0 Å². The van der Waals surface area contributed by atoms with Crippen molar-refractivity contribution >= 4 is 5.82 Å². The number of ether oxygens (including phenoxy) is 1. The molecule has 0 atom stereocenters. The lowest BCUT2D eigenvalue weighted by molar-refractivity contribution is 0.0853. The SMILES string of the molecule is CCCNCc1ccc(N(C)C2CCOCC2)nc1C. The van der Waals surface area contributed by atoms with E-state index in [4.69, 9.17) is 9.72 Å². The molecular weight excluding hydrogens is 250 g/mol. The van der Waals surface area contributed by atoms with E-state index in [0.29, 0.717) is 6.04 Å². The molecule has 4 nitrogen and oxygen atoms in total. The number of pyridine rings is 1. The van der Waals surface area contributed by atoms with Gasteiger partial charge < -0.3 is 15.0 Å². The van der Waals surface area contributed by atoms with Crippen molar-refractivity contribution in [2.75, 3.05) is 31.7 Å². The van der Waals surface area contributed by atoms with E-state index in [1.807, 2.05) is 0 Å². The van der Waals surface area contributed by atoms with Crippen LogP contribution in [0.15, 0.2) is 12.1 Å². The highest BCUT2D eigenvalue weighted by Gasteiger charge is 2.19. The van der Waals surface area contributed by atoms with Crippen LogP contribution in [0.2, 0.25) is 0 Å². The van der Waals surface area contributed by atoms with Crippen LogP contribution in [0, 0.1) is 6.92 Å². The lowest BCUT2D eigenvalue weighted by Crippen LogP contribution is -2.37. The van der Waals surface area contributed by atoms with Crippen molar-refractivity contribution in [3.63, 3.8) is 0 Å². The predicted octanol–water partition coefficient (Wildman–Crippen LogP) is 2.50. The smallest absolute Gasteiger partial charge is 0.128 e. The Morgan fingerprint density at radius 2 is 2.10 bits per heavy atom. The normalized spacial score (nSPS) is 16.4. The molecule has 1 aromatic heterocycles. The number of aryl methyl sites for hydroxylation is 1. The third-order valence-corrected chi connectivity index (χ3v) is 4.02. The number of nitrogens with one attached hydrogen (secondary N) is 1. The van der Waals surface area contributed by atoms with Crippen molar-refractivity contribution < 1.29 is 4.74 Å². The predicted molar refractivity (Wildman–Crippen MR) is 83.2 cm³/mol. The monoisotopic (exact) mass is 277 g/mol. The van der Waals surface area contributed by atoms with Crippen LogP contribution in [-0.4, -0.2) is 37.8 Å². The summed E-state index contributed by atoms with van der Waals surface area (Å²) in [6.45, 7) is 7.99. The Labute approximate surface area is 122 Å². The molecule has 1 aliphatic rings. The van der Waals surface area contributed by atoms with Gasteiger partial charge >= 0.3 is 0 Å². The molecule has 1 N–H and O–H groups in total. The number of hydrogen-bond acceptors (Lipinski definition) is 4. The van der Waals surface area contributed by atoms with Crippen molar-refractivity contribution in [1.82, 2.24) is 10.3 Å². The van der Waals surface area contributed by atoms with Crippen molar-refractivity contribution in [3.8, 4) is 0 Å². The summed E-state index contributed by atoms with van der Waals surface area (Å²) >= 11 is 0. The minimum atomic E-state index is 0.555. The summed E-state index contributed by atoms with van der Waals surface area (Å²) in [4.78, 5) is 7.08. The number of rotatable bonds is 6. The molecule has 0 aliphatic carbocycles. The van der Waals surface area contributed by atoms with Crippen LogP contribution in [0.4, 0.5) is 5.82 Å². The van der Waals surface area contributed by atoms with Crippen molar-refractivity contribution in [3.05, 3.63) is 23.4 Å². The molecule has 4 heteroatoms. The summed E-state index contributed by atoms with van der Waals surface area (Å²) in [5, 5.41) is 3.43. The minimum Gasteiger partial charge on any atom is -0.381 e. The average molecular weight is 277 g/mol. The summed E-state index contributed by atoms with van der Waals surface area (Å²) in [5.74, 6) is 1.08. The number of nitrogens with zero attached hydrogens (tertiary/aromatic N) is 2. The van der Waals surface area contributed by atoms with Gasteiger partial charge in [0.15, 0.2) is 0 Å². The van der Waals surface area contributed by atoms with Gasteiger partial charge in [-0.15, -0.1) is 0 Å². The Kier molecular flexibility index (Phi) is 5.80. The van der Waals surface area contributed by atoms with E-state index >= 15 is 0 Å². The Morgan fingerprint density at radius 3 is 2.75 bits per heavy atom. The quantitative estimate of drug-likeness (QED) is 0.811. The zero-order chi connectivity index (χ0) is 14.4. The topological polar surface area (TPSA) is 37.4 Å². The van der Waals surface area contributed by atoms with Crippen LogP contribution in [0.25, 0.3) is 0 Å². The fourth-order valence-corrected chi connectivity index (χ4v) is 2.62. The average Bonchev–Trinajstić information content (AvgIpc) is 2.49. The van der Waals surface area contributed by atoms with E-state index in [-0.39, 0.29) is 0 Å². The molecule has 2 heterocycles. The van der Waals surface area contributed by atoms with Crippen molar-refractivity contribution in [2.24, 2.45) is 0 Å². The lowest BCUT2D eigenvalue weighted by atomic mass is 10.1. The molecule has 0 amide bonds. The van der Waals surface area contributed by atoms with Gasteiger partial charge in [0.25, 0.3) is 0 Å². The number of hydrogen-bond donors (Lipinski definition) is 1. The summed E-state index contributed by atoms with van der Waals surface area (Å²) in [5.41, 5.74) is 2.42. The van der Waals surface area contributed by atoms with E-state index in [2.05, 4.69) is 43.2 Å². The van der Waals surface area contributed by atoms with Crippen LogP contribution in [-0.2, 0) is 11.3 Å². The van der Waals surface area contributed by atoms with Gasteiger partial charge in [-0.05, 0) is 44.4 Å². The molecule has 1 aliphatic heterocycles. The molecule has 0 bridgehead atoms. The van der Waals surface area contributed by atoms with Gasteiger partial charge in [0.05, 0.1) is 0 Å². The van der Waals surface area contributed by atoms with Crippen LogP contribution in [0.3, 0.4) is 0 Å². The van der Waals surface area contributed by atoms with Crippen LogP contribution < -0.4 is 10.2 Å². The molecule has 0 unspecified atom stereocenters. The van der Waals surface area contributed by atoms with E-state index in [1.165, 1.54) is 5.56 Å². The molecule has 0 spiro atoms. The second-order valence-corrected chi connectivity index (χ2v) is 5.55. The maximum absolute atomic E-state index is 5.43. The Hall–Kier alpha value is -1.13. The van der Waals surface area contributed by atoms with Crippen molar-refractivity contribution in [1.29, 1.82) is 0 Å². The standard InChI is InChI=1S/C16H27N3O/c1-4-9-17-12-14-5-6-16(18-13(14)2)19(3)15-7-10-20-11-8-15/h5-6,15,17H,4,7-12H2,1-3H3. The fourth-order valence-electron chi connectivity index (χ4n) is 2.62. The third kappa shape index (κ3) is 3.93. The van der Waals surface area contributed by atoms with E-state index in [0.717, 1.165) is 57.1 Å². The van der Waals surface area contributed by atoms with Crippen LogP contribution >= 0.6 is 0 Å². The largest absolute Gasteiger partial charge is 0.381 e. The zero-order valence-electron chi connectivity index (χ0n) is 13.0. The first-order valence-corrected chi connectivity index (χ1v) is 7.70. The molecule has 112 valence electrons. The number of anilines is 1. The van der Waals surface area contributed by atoms with E-state index < -0.39 is 0 Å². The van der Waals surface area contributed by atoms with Gasteiger partial charge in [-0.1, -0.05) is 13.0 Å². The summed E-state index contributed by atoms with van der Waals surface area (Å²) in [7, 11) is 2.15. The Balaban J connectivity index is 1.99. The van der Waals surface area contributed by atoms with Crippen LogP contribution in [0.1, 0.15) is 37.4 Å². The molecule has 2 rings (SSSR count). The number of aromatic nitrogens is 1. The Bertz CT molecular complexity index is 416. The highest BCUT2D eigenvalue weighted by Crippen LogP contribution is 2.20. The molecule has 1 aromatic rings. The van der Waals surface area contributed by atoms with Gasteiger partial charge in [0.1, 0.15) is 5.82 Å².